The highest BCUT2D eigenvalue weighted by atomic mass is 32.1. The zero-order chi connectivity index (χ0) is 18.0. The van der Waals surface area contributed by atoms with E-state index in [0.29, 0.717) is 15.4 Å². The van der Waals surface area contributed by atoms with E-state index < -0.39 is 11.8 Å². The first-order valence-corrected chi connectivity index (χ1v) is 8.59. The predicted molar refractivity (Wildman–Crippen MR) is 94.3 cm³/mol. The van der Waals surface area contributed by atoms with Gasteiger partial charge in [0.1, 0.15) is 4.88 Å². The van der Waals surface area contributed by atoms with E-state index in [0.717, 1.165) is 22.7 Å². The van der Waals surface area contributed by atoms with Crippen LogP contribution in [0.3, 0.4) is 0 Å². The molecule has 3 aromatic rings. The zero-order valence-corrected chi connectivity index (χ0v) is 14.5. The molecule has 0 radical (unpaired) electrons. The standard InChI is InChI=1S/C15H12N4O4S2/c1-7-5-10(18-13(21)8-3-2-4-23-8)25-11(7)14(22)19-15-17-6-9(24-15)12(16)20/h2-6H,1H3,(H2,16,20)(H,18,21)(H,17,19,22). The lowest BCUT2D eigenvalue weighted by Crippen LogP contribution is -2.11. The Hall–Kier alpha value is -2.98. The fourth-order valence-electron chi connectivity index (χ4n) is 1.95. The van der Waals surface area contributed by atoms with Gasteiger partial charge in [0, 0.05) is 0 Å². The summed E-state index contributed by atoms with van der Waals surface area (Å²) in [7, 11) is 0. The van der Waals surface area contributed by atoms with Crippen molar-refractivity contribution in [3.8, 4) is 0 Å². The van der Waals surface area contributed by atoms with E-state index in [1.54, 1.807) is 25.1 Å². The van der Waals surface area contributed by atoms with Crippen molar-refractivity contribution in [1.29, 1.82) is 0 Å². The van der Waals surface area contributed by atoms with Gasteiger partial charge in [0.2, 0.25) is 0 Å². The minimum atomic E-state index is -0.603. The number of aryl methyl sites for hydroxylation is 1. The van der Waals surface area contributed by atoms with Gasteiger partial charge in [-0.1, -0.05) is 11.3 Å². The monoisotopic (exact) mass is 376 g/mol. The Morgan fingerprint density at radius 3 is 2.64 bits per heavy atom. The van der Waals surface area contributed by atoms with Crippen LogP contribution in [-0.4, -0.2) is 22.7 Å². The molecule has 0 aliphatic rings. The Morgan fingerprint density at radius 1 is 1.20 bits per heavy atom. The van der Waals surface area contributed by atoms with Gasteiger partial charge in [0.15, 0.2) is 10.9 Å². The van der Waals surface area contributed by atoms with E-state index in [9.17, 15) is 14.4 Å². The van der Waals surface area contributed by atoms with Crippen molar-refractivity contribution in [2.45, 2.75) is 6.92 Å². The first-order valence-electron chi connectivity index (χ1n) is 6.96. The van der Waals surface area contributed by atoms with Crippen LogP contribution in [0.1, 0.15) is 35.5 Å². The maximum atomic E-state index is 12.4. The summed E-state index contributed by atoms with van der Waals surface area (Å²) >= 11 is 2.12. The topological polar surface area (TPSA) is 127 Å². The van der Waals surface area contributed by atoms with Crippen molar-refractivity contribution in [1.82, 2.24) is 4.98 Å². The van der Waals surface area contributed by atoms with E-state index >= 15 is 0 Å². The van der Waals surface area contributed by atoms with Crippen molar-refractivity contribution >= 4 is 50.5 Å². The summed E-state index contributed by atoms with van der Waals surface area (Å²) in [6, 6.07) is 4.85. The van der Waals surface area contributed by atoms with Crippen LogP contribution < -0.4 is 16.4 Å². The van der Waals surface area contributed by atoms with Gasteiger partial charge in [-0.3, -0.25) is 19.7 Å². The molecule has 128 valence electrons. The highest BCUT2D eigenvalue weighted by molar-refractivity contribution is 7.19. The molecule has 3 amide bonds. The second-order valence-corrected chi connectivity index (χ2v) is 6.99. The quantitative estimate of drug-likeness (QED) is 0.631. The summed E-state index contributed by atoms with van der Waals surface area (Å²) in [5.41, 5.74) is 5.85. The number of aromatic nitrogens is 1. The second kappa shape index (κ2) is 6.87. The number of nitrogens with one attached hydrogen (secondary N) is 2. The number of nitrogens with two attached hydrogens (primary N) is 1. The van der Waals surface area contributed by atoms with Gasteiger partial charge >= 0.3 is 0 Å². The van der Waals surface area contributed by atoms with Crippen LogP contribution in [0.25, 0.3) is 0 Å². The number of primary amides is 1. The van der Waals surface area contributed by atoms with Crippen molar-refractivity contribution in [3.63, 3.8) is 0 Å². The number of nitrogens with zero attached hydrogens (tertiary/aromatic N) is 1. The fraction of sp³-hybridized carbons (Fsp3) is 0.0667. The summed E-state index contributed by atoms with van der Waals surface area (Å²) < 4.78 is 5.02. The normalized spacial score (nSPS) is 10.4. The summed E-state index contributed by atoms with van der Waals surface area (Å²) in [6.07, 6.45) is 2.71. The molecule has 4 N–H and O–H groups in total. The number of hydrogen-bond donors (Lipinski definition) is 3. The molecule has 3 rings (SSSR count). The van der Waals surface area contributed by atoms with E-state index in [1.807, 2.05) is 0 Å². The lowest BCUT2D eigenvalue weighted by atomic mass is 10.3. The molecule has 0 bridgehead atoms. The van der Waals surface area contributed by atoms with Crippen LogP contribution in [0.2, 0.25) is 0 Å². The van der Waals surface area contributed by atoms with Crippen molar-refractivity contribution in [2.24, 2.45) is 5.73 Å². The summed E-state index contributed by atoms with van der Waals surface area (Å²) in [6.45, 7) is 1.75. The molecular formula is C15H12N4O4S2. The van der Waals surface area contributed by atoms with E-state index in [2.05, 4.69) is 15.6 Å². The Labute approximate surface area is 149 Å². The van der Waals surface area contributed by atoms with Gasteiger partial charge < -0.3 is 15.5 Å². The van der Waals surface area contributed by atoms with Gasteiger partial charge in [0.05, 0.1) is 22.3 Å². The van der Waals surface area contributed by atoms with E-state index in [-0.39, 0.29) is 21.7 Å². The van der Waals surface area contributed by atoms with Crippen LogP contribution in [0.15, 0.2) is 35.1 Å². The van der Waals surface area contributed by atoms with Gasteiger partial charge in [0.25, 0.3) is 17.7 Å². The van der Waals surface area contributed by atoms with Crippen LogP contribution in [0.5, 0.6) is 0 Å². The predicted octanol–water partition coefficient (Wildman–Crippen LogP) is 2.71. The Kier molecular flexibility index (Phi) is 4.63. The third-order valence-corrected chi connectivity index (χ3v) is 5.15. The number of thiophene rings is 1. The van der Waals surface area contributed by atoms with Crippen molar-refractivity contribution in [3.05, 3.63) is 51.7 Å². The minimum Gasteiger partial charge on any atom is -0.459 e. The molecule has 25 heavy (non-hydrogen) atoms. The summed E-state index contributed by atoms with van der Waals surface area (Å²) in [5.74, 6) is -1.21. The highest BCUT2D eigenvalue weighted by Crippen LogP contribution is 2.28. The number of anilines is 2. The lowest BCUT2D eigenvalue weighted by molar-refractivity contribution is 0.0991. The molecule has 3 aromatic heterocycles. The lowest BCUT2D eigenvalue weighted by Gasteiger charge is -2.00. The number of rotatable bonds is 5. The number of hydrogen-bond acceptors (Lipinski definition) is 7. The molecule has 0 spiro atoms. The maximum Gasteiger partial charge on any atom is 0.291 e. The van der Waals surface area contributed by atoms with Gasteiger partial charge in [-0.25, -0.2) is 4.98 Å². The Balaban J connectivity index is 1.71. The Morgan fingerprint density at radius 2 is 2.00 bits per heavy atom. The van der Waals surface area contributed by atoms with E-state index in [1.165, 1.54) is 12.5 Å². The Bertz CT molecular complexity index is 943. The molecule has 0 fully saturated rings. The molecule has 0 saturated carbocycles. The van der Waals surface area contributed by atoms with Gasteiger partial charge in [-0.2, -0.15) is 0 Å². The molecular weight excluding hydrogens is 364 g/mol. The maximum absolute atomic E-state index is 12.4. The van der Waals surface area contributed by atoms with Crippen molar-refractivity contribution < 1.29 is 18.8 Å². The number of carbonyl (C=O) groups excluding carboxylic acids is 3. The second-order valence-electron chi connectivity index (χ2n) is 4.90. The van der Waals surface area contributed by atoms with Crippen LogP contribution in [0.4, 0.5) is 10.1 Å². The van der Waals surface area contributed by atoms with E-state index in [4.69, 9.17) is 10.2 Å². The first-order chi connectivity index (χ1) is 11.9. The molecule has 0 atom stereocenters. The molecule has 0 aliphatic heterocycles. The molecule has 0 unspecified atom stereocenters. The first kappa shape index (κ1) is 16.9. The van der Waals surface area contributed by atoms with Gasteiger partial charge in [-0.05, 0) is 30.7 Å². The average Bonchev–Trinajstić information content (AvgIpc) is 3.27. The zero-order valence-electron chi connectivity index (χ0n) is 12.9. The number of furan rings is 1. The summed E-state index contributed by atoms with van der Waals surface area (Å²) in [5, 5.41) is 6.07. The molecule has 10 heteroatoms. The molecule has 0 aliphatic carbocycles. The number of carbonyl (C=O) groups is 3. The third-order valence-electron chi connectivity index (χ3n) is 3.07. The van der Waals surface area contributed by atoms with Gasteiger partial charge in [-0.15, -0.1) is 11.3 Å². The minimum absolute atomic E-state index is 0.179. The molecule has 3 heterocycles. The average molecular weight is 376 g/mol. The fourth-order valence-corrected chi connectivity index (χ4v) is 3.58. The van der Waals surface area contributed by atoms with Crippen LogP contribution in [-0.2, 0) is 0 Å². The summed E-state index contributed by atoms with van der Waals surface area (Å²) in [4.78, 5) is 40.0. The highest BCUT2D eigenvalue weighted by Gasteiger charge is 2.18. The van der Waals surface area contributed by atoms with Crippen LogP contribution >= 0.6 is 22.7 Å². The number of thiazole rings is 1. The smallest absolute Gasteiger partial charge is 0.291 e. The largest absolute Gasteiger partial charge is 0.459 e. The van der Waals surface area contributed by atoms with Crippen molar-refractivity contribution in [2.75, 3.05) is 10.6 Å². The molecule has 8 nitrogen and oxygen atoms in total. The third kappa shape index (κ3) is 3.75. The SMILES string of the molecule is Cc1cc(NC(=O)c2ccco2)sc1C(=O)Nc1ncc(C(N)=O)s1. The molecule has 0 saturated heterocycles. The van der Waals surface area contributed by atoms with Crippen LogP contribution in [0, 0.1) is 6.92 Å². The molecule has 0 aromatic carbocycles. The number of amides is 3.